The molecule has 9 heteroatoms. The van der Waals surface area contributed by atoms with Crippen LogP contribution in [0.25, 0.3) is 0 Å². The zero-order valence-electron chi connectivity index (χ0n) is 12.4. The Hall–Kier alpha value is -2.39. The zero-order chi connectivity index (χ0) is 17.3. The number of alkyl halides is 3. The molecule has 1 aromatic carbocycles. The molecule has 0 radical (unpaired) electrons. The van der Waals surface area contributed by atoms with E-state index in [0.29, 0.717) is 18.1 Å². The van der Waals surface area contributed by atoms with Gasteiger partial charge in [0.15, 0.2) is 0 Å². The Kier molecular flexibility index (Phi) is 4.29. The van der Waals surface area contributed by atoms with E-state index in [-0.39, 0.29) is 17.0 Å². The molecule has 0 spiro atoms. The Balaban J connectivity index is 1.77. The molecule has 1 fully saturated rings. The average molecular weight is 339 g/mol. The quantitative estimate of drug-likeness (QED) is 0.842. The van der Waals surface area contributed by atoms with E-state index < -0.39 is 11.7 Å². The van der Waals surface area contributed by atoms with Crippen LogP contribution in [0.1, 0.15) is 24.0 Å². The van der Waals surface area contributed by atoms with E-state index in [4.69, 9.17) is 5.21 Å². The molecule has 1 N–H and O–H groups in total. The minimum atomic E-state index is -4.36. The Labute approximate surface area is 135 Å². The Morgan fingerprint density at radius 1 is 1.12 bits per heavy atom. The highest BCUT2D eigenvalue weighted by molar-refractivity contribution is 5.44. The zero-order valence-corrected chi connectivity index (χ0v) is 12.4. The summed E-state index contributed by atoms with van der Waals surface area (Å²) in [6.07, 6.45) is -0.0874. The van der Waals surface area contributed by atoms with Crippen molar-refractivity contribution in [3.8, 4) is 0 Å². The fourth-order valence-electron chi connectivity index (χ4n) is 2.31. The minimum absolute atomic E-state index is 0.0935. The average Bonchev–Trinajstić information content (AvgIpc) is 3.37. The van der Waals surface area contributed by atoms with Crippen molar-refractivity contribution in [2.24, 2.45) is 0 Å². The van der Waals surface area contributed by atoms with Crippen LogP contribution in [-0.4, -0.2) is 21.2 Å². The van der Waals surface area contributed by atoms with Crippen LogP contribution in [0, 0.1) is 5.21 Å². The third-order valence-electron chi connectivity index (χ3n) is 3.72. The van der Waals surface area contributed by atoms with Gasteiger partial charge in [0.05, 0.1) is 23.6 Å². The van der Waals surface area contributed by atoms with E-state index in [1.54, 1.807) is 0 Å². The highest BCUT2D eigenvalue weighted by Gasteiger charge is 2.32. The lowest BCUT2D eigenvalue weighted by Gasteiger charge is -2.24. The first kappa shape index (κ1) is 16.5. The van der Waals surface area contributed by atoms with Crippen LogP contribution in [0.2, 0.25) is 0 Å². The summed E-state index contributed by atoms with van der Waals surface area (Å²) >= 11 is 0. The van der Waals surface area contributed by atoms with E-state index in [0.717, 1.165) is 25.0 Å². The van der Waals surface area contributed by atoms with Crippen molar-refractivity contribution in [1.29, 1.82) is 0 Å². The van der Waals surface area contributed by atoms with Crippen molar-refractivity contribution in [3.05, 3.63) is 53.0 Å². The highest BCUT2D eigenvalue weighted by atomic mass is 19.4. The van der Waals surface area contributed by atoms with Gasteiger partial charge in [-0.15, -0.1) is 0 Å². The van der Waals surface area contributed by atoms with Gasteiger partial charge in [0.25, 0.3) is 0 Å². The van der Waals surface area contributed by atoms with Gasteiger partial charge in [-0.3, -0.25) is 5.21 Å². The normalized spacial score (nSPS) is 14.5. The first-order valence-electron chi connectivity index (χ1n) is 7.25. The maximum absolute atomic E-state index is 12.6. The first-order chi connectivity index (χ1) is 11.3. The molecule has 1 aliphatic rings. The summed E-state index contributed by atoms with van der Waals surface area (Å²) in [7, 11) is 0. The lowest BCUT2D eigenvalue weighted by atomic mass is 10.1. The van der Waals surface area contributed by atoms with E-state index in [1.165, 1.54) is 24.5 Å². The second kappa shape index (κ2) is 6.25. The molecule has 0 unspecified atom stereocenters. The Bertz CT molecular complexity index is 685. The van der Waals surface area contributed by atoms with E-state index in [9.17, 15) is 18.4 Å². The SMILES string of the molecule is [O-]N(O)c1cnc(N(Cc2ccc(C(F)(F)F)cc2)C2CC2)nc1. The molecular formula is C15H14F3N4O2-. The largest absolute Gasteiger partial charge is 0.733 e. The van der Waals surface area contributed by atoms with Crippen molar-refractivity contribution < 1.29 is 18.4 Å². The van der Waals surface area contributed by atoms with Gasteiger partial charge in [-0.1, -0.05) is 12.1 Å². The van der Waals surface area contributed by atoms with Crippen LogP contribution in [0.5, 0.6) is 0 Å². The monoisotopic (exact) mass is 339 g/mol. The van der Waals surface area contributed by atoms with Crippen LogP contribution in [0.4, 0.5) is 24.8 Å². The molecule has 3 rings (SSSR count). The fraction of sp³-hybridized carbons (Fsp3) is 0.333. The van der Waals surface area contributed by atoms with Crippen LogP contribution in [-0.2, 0) is 12.7 Å². The summed E-state index contributed by atoms with van der Waals surface area (Å²) in [6, 6.07) is 5.17. The molecule has 1 aliphatic carbocycles. The van der Waals surface area contributed by atoms with Crippen LogP contribution < -0.4 is 10.1 Å². The van der Waals surface area contributed by atoms with E-state index >= 15 is 0 Å². The number of benzene rings is 1. The number of aromatic nitrogens is 2. The third kappa shape index (κ3) is 3.74. The lowest BCUT2D eigenvalue weighted by molar-refractivity contribution is -0.137. The molecule has 0 saturated heterocycles. The summed E-state index contributed by atoms with van der Waals surface area (Å²) < 4.78 is 37.8. The molecule has 24 heavy (non-hydrogen) atoms. The summed E-state index contributed by atoms with van der Waals surface area (Å²) in [5, 5.41) is 19.2. The van der Waals surface area contributed by atoms with Crippen molar-refractivity contribution in [1.82, 2.24) is 9.97 Å². The van der Waals surface area contributed by atoms with Crippen molar-refractivity contribution in [3.63, 3.8) is 0 Å². The maximum atomic E-state index is 12.6. The van der Waals surface area contributed by atoms with Crippen molar-refractivity contribution in [2.75, 3.05) is 10.1 Å². The standard InChI is InChI=1S/C15H14F3N4O2/c16-15(17,18)11-3-1-10(2-4-11)9-21(12-5-6-12)14-19-7-13(8-20-14)22(23)24/h1-4,7-8,12,23H,5-6,9H2/q-1. The minimum Gasteiger partial charge on any atom is -0.733 e. The maximum Gasteiger partial charge on any atom is 0.416 e. The fourth-order valence-corrected chi connectivity index (χ4v) is 2.31. The van der Waals surface area contributed by atoms with Gasteiger partial charge in [-0.25, -0.2) is 9.97 Å². The lowest BCUT2D eigenvalue weighted by Crippen LogP contribution is -2.27. The molecule has 1 saturated carbocycles. The highest BCUT2D eigenvalue weighted by Crippen LogP contribution is 2.33. The molecule has 0 aliphatic heterocycles. The van der Waals surface area contributed by atoms with Crippen LogP contribution >= 0.6 is 0 Å². The first-order valence-corrected chi connectivity index (χ1v) is 7.25. The summed E-state index contributed by atoms with van der Waals surface area (Å²) in [4.78, 5) is 9.97. The molecular weight excluding hydrogens is 325 g/mol. The molecule has 1 heterocycles. The molecule has 6 nitrogen and oxygen atoms in total. The van der Waals surface area contributed by atoms with Gasteiger partial charge in [0.1, 0.15) is 0 Å². The summed E-state index contributed by atoms with van der Waals surface area (Å²) in [6.45, 7) is 0.363. The van der Waals surface area contributed by atoms with E-state index in [2.05, 4.69) is 9.97 Å². The smallest absolute Gasteiger partial charge is 0.416 e. The second-order valence-electron chi connectivity index (χ2n) is 5.57. The van der Waals surface area contributed by atoms with Crippen molar-refractivity contribution in [2.45, 2.75) is 31.6 Å². The molecule has 2 aromatic rings. The van der Waals surface area contributed by atoms with E-state index in [1.807, 2.05) is 4.90 Å². The van der Waals surface area contributed by atoms with Crippen LogP contribution in [0.3, 0.4) is 0 Å². The number of nitrogens with zero attached hydrogens (tertiary/aromatic N) is 4. The Morgan fingerprint density at radius 2 is 1.71 bits per heavy atom. The van der Waals surface area contributed by atoms with Gasteiger partial charge in [-0.05, 0) is 30.5 Å². The Morgan fingerprint density at radius 3 is 2.17 bits per heavy atom. The van der Waals surface area contributed by atoms with Crippen molar-refractivity contribution >= 4 is 11.6 Å². The molecule has 0 bridgehead atoms. The molecule has 0 amide bonds. The third-order valence-corrected chi connectivity index (χ3v) is 3.72. The second-order valence-corrected chi connectivity index (χ2v) is 5.57. The van der Waals surface area contributed by atoms with Gasteiger partial charge < -0.3 is 15.3 Å². The predicted molar refractivity (Wildman–Crippen MR) is 80.3 cm³/mol. The topological polar surface area (TPSA) is 75.6 Å². The number of anilines is 2. The predicted octanol–water partition coefficient (Wildman–Crippen LogP) is 3.36. The van der Waals surface area contributed by atoms with Gasteiger partial charge in [0, 0.05) is 12.6 Å². The van der Waals surface area contributed by atoms with Gasteiger partial charge >= 0.3 is 6.18 Å². The van der Waals surface area contributed by atoms with Gasteiger partial charge in [-0.2, -0.15) is 13.2 Å². The van der Waals surface area contributed by atoms with Crippen LogP contribution in [0.15, 0.2) is 36.7 Å². The summed E-state index contributed by atoms with van der Waals surface area (Å²) in [5.74, 6) is 0.364. The van der Waals surface area contributed by atoms with Gasteiger partial charge in [0.2, 0.25) is 5.95 Å². The molecule has 1 aromatic heterocycles. The molecule has 128 valence electrons. The number of hydrogen-bond acceptors (Lipinski definition) is 6. The number of hydrogen-bond donors (Lipinski definition) is 1. The number of halogens is 3. The molecule has 0 atom stereocenters. The number of rotatable bonds is 5. The summed E-state index contributed by atoms with van der Waals surface area (Å²) in [5.41, 5.74) is -0.0810.